The number of aliphatic hydroxyl groups excluding tert-OH is 1. The van der Waals surface area contributed by atoms with E-state index in [2.05, 4.69) is 0 Å². The second-order valence-electron chi connectivity index (χ2n) is 4.14. The molecule has 0 bridgehead atoms. The van der Waals surface area contributed by atoms with Gasteiger partial charge in [-0.1, -0.05) is 48.3 Å². The number of benzene rings is 2. The molecule has 0 amide bonds. The SMILES string of the molecule is CCC(O)c1ccccc1Oc1ccc(Cl)c(Cl)c1. The Hall–Kier alpha value is -1.22. The van der Waals surface area contributed by atoms with Gasteiger partial charge in [0.15, 0.2) is 0 Å². The Bertz CT molecular complexity index is 570. The first-order valence-electron chi connectivity index (χ1n) is 6.01. The standard InChI is InChI=1S/C15H14Cl2O2/c1-2-14(18)11-5-3-4-6-15(11)19-10-7-8-12(16)13(17)9-10/h3-9,14,18H,2H2,1H3. The maximum Gasteiger partial charge on any atom is 0.133 e. The fourth-order valence-corrected chi connectivity index (χ4v) is 2.02. The zero-order valence-corrected chi connectivity index (χ0v) is 11.9. The number of hydrogen-bond acceptors (Lipinski definition) is 2. The monoisotopic (exact) mass is 296 g/mol. The minimum Gasteiger partial charge on any atom is -0.457 e. The molecule has 4 heteroatoms. The molecule has 2 aromatic rings. The zero-order valence-electron chi connectivity index (χ0n) is 10.4. The molecule has 1 N–H and O–H groups in total. The summed E-state index contributed by atoms with van der Waals surface area (Å²) in [6.45, 7) is 1.92. The molecular formula is C15H14Cl2O2. The average Bonchev–Trinajstić information content (AvgIpc) is 2.43. The van der Waals surface area contributed by atoms with Gasteiger partial charge in [0.1, 0.15) is 11.5 Å². The molecule has 0 aliphatic heterocycles. The molecule has 0 radical (unpaired) electrons. The van der Waals surface area contributed by atoms with Gasteiger partial charge in [0.2, 0.25) is 0 Å². The molecule has 1 atom stereocenters. The van der Waals surface area contributed by atoms with E-state index in [1.807, 2.05) is 31.2 Å². The van der Waals surface area contributed by atoms with Crippen molar-refractivity contribution in [3.63, 3.8) is 0 Å². The van der Waals surface area contributed by atoms with Crippen molar-refractivity contribution in [2.75, 3.05) is 0 Å². The van der Waals surface area contributed by atoms with E-state index >= 15 is 0 Å². The van der Waals surface area contributed by atoms with Gasteiger partial charge in [0.05, 0.1) is 16.1 Å². The molecule has 0 spiro atoms. The summed E-state index contributed by atoms with van der Waals surface area (Å²) in [6, 6.07) is 12.5. The third kappa shape index (κ3) is 3.41. The number of para-hydroxylation sites is 1. The van der Waals surface area contributed by atoms with E-state index in [1.54, 1.807) is 18.2 Å². The van der Waals surface area contributed by atoms with Crippen molar-refractivity contribution in [3.8, 4) is 11.5 Å². The summed E-state index contributed by atoms with van der Waals surface area (Å²) >= 11 is 11.8. The van der Waals surface area contributed by atoms with Crippen LogP contribution in [0.2, 0.25) is 10.0 Å². The van der Waals surface area contributed by atoms with Gasteiger partial charge in [-0.05, 0) is 24.6 Å². The van der Waals surface area contributed by atoms with E-state index in [4.69, 9.17) is 27.9 Å². The predicted molar refractivity (Wildman–Crippen MR) is 78.2 cm³/mol. The molecule has 0 aliphatic carbocycles. The van der Waals surface area contributed by atoms with Crippen LogP contribution in [-0.2, 0) is 0 Å². The number of ether oxygens (including phenoxy) is 1. The van der Waals surface area contributed by atoms with Crippen LogP contribution < -0.4 is 4.74 Å². The van der Waals surface area contributed by atoms with Crippen LogP contribution in [0.25, 0.3) is 0 Å². The van der Waals surface area contributed by atoms with E-state index in [0.29, 0.717) is 28.0 Å². The van der Waals surface area contributed by atoms with Crippen LogP contribution in [-0.4, -0.2) is 5.11 Å². The molecule has 2 aromatic carbocycles. The van der Waals surface area contributed by atoms with E-state index < -0.39 is 6.10 Å². The highest BCUT2D eigenvalue weighted by molar-refractivity contribution is 6.42. The highest BCUT2D eigenvalue weighted by atomic mass is 35.5. The summed E-state index contributed by atoms with van der Waals surface area (Å²) in [4.78, 5) is 0. The van der Waals surface area contributed by atoms with Gasteiger partial charge in [-0.3, -0.25) is 0 Å². The molecule has 0 fully saturated rings. The Morgan fingerprint density at radius 1 is 1.11 bits per heavy atom. The third-order valence-corrected chi connectivity index (χ3v) is 3.52. The lowest BCUT2D eigenvalue weighted by atomic mass is 10.1. The Balaban J connectivity index is 2.30. The van der Waals surface area contributed by atoms with Crippen molar-refractivity contribution >= 4 is 23.2 Å². The normalized spacial score (nSPS) is 12.2. The van der Waals surface area contributed by atoms with Crippen LogP contribution in [0.5, 0.6) is 11.5 Å². The lowest BCUT2D eigenvalue weighted by molar-refractivity contribution is 0.170. The zero-order chi connectivity index (χ0) is 13.8. The molecule has 1 unspecified atom stereocenters. The van der Waals surface area contributed by atoms with E-state index in [-0.39, 0.29) is 0 Å². The molecule has 0 aromatic heterocycles. The Morgan fingerprint density at radius 3 is 2.53 bits per heavy atom. The number of halogens is 2. The highest BCUT2D eigenvalue weighted by Crippen LogP contribution is 2.33. The Labute approximate surface area is 122 Å². The van der Waals surface area contributed by atoms with Gasteiger partial charge in [-0.25, -0.2) is 0 Å². The minimum absolute atomic E-state index is 0.438. The number of aliphatic hydroxyl groups is 1. The topological polar surface area (TPSA) is 29.5 Å². The van der Waals surface area contributed by atoms with Gasteiger partial charge in [-0.2, -0.15) is 0 Å². The summed E-state index contributed by atoms with van der Waals surface area (Å²) in [6.07, 6.45) is 0.0841. The first-order chi connectivity index (χ1) is 9.11. The first kappa shape index (κ1) is 14.2. The molecule has 19 heavy (non-hydrogen) atoms. The van der Waals surface area contributed by atoms with Crippen molar-refractivity contribution in [3.05, 3.63) is 58.1 Å². The maximum atomic E-state index is 9.96. The van der Waals surface area contributed by atoms with Gasteiger partial charge in [0.25, 0.3) is 0 Å². The summed E-state index contributed by atoms with van der Waals surface area (Å²) < 4.78 is 5.77. The minimum atomic E-state index is -0.543. The van der Waals surface area contributed by atoms with E-state index in [1.165, 1.54) is 0 Å². The van der Waals surface area contributed by atoms with Crippen molar-refractivity contribution < 1.29 is 9.84 Å². The maximum absolute atomic E-state index is 9.96. The highest BCUT2D eigenvalue weighted by Gasteiger charge is 2.12. The lowest BCUT2D eigenvalue weighted by Crippen LogP contribution is -1.98. The summed E-state index contributed by atoms with van der Waals surface area (Å²) in [5, 5.41) is 10.9. The quantitative estimate of drug-likeness (QED) is 0.837. The summed E-state index contributed by atoms with van der Waals surface area (Å²) in [5.41, 5.74) is 0.760. The molecule has 0 aliphatic rings. The molecule has 0 saturated carbocycles. The smallest absolute Gasteiger partial charge is 0.133 e. The molecule has 0 heterocycles. The van der Waals surface area contributed by atoms with Crippen LogP contribution in [0.15, 0.2) is 42.5 Å². The Kier molecular flexibility index (Phi) is 4.70. The van der Waals surface area contributed by atoms with Crippen molar-refractivity contribution in [1.29, 1.82) is 0 Å². The van der Waals surface area contributed by atoms with E-state index in [9.17, 15) is 5.11 Å². The summed E-state index contributed by atoms with van der Waals surface area (Å²) in [7, 11) is 0. The largest absolute Gasteiger partial charge is 0.457 e. The molecular weight excluding hydrogens is 283 g/mol. The fourth-order valence-electron chi connectivity index (χ4n) is 1.74. The molecule has 2 nitrogen and oxygen atoms in total. The van der Waals surface area contributed by atoms with Crippen LogP contribution in [0.4, 0.5) is 0 Å². The van der Waals surface area contributed by atoms with Gasteiger partial charge >= 0.3 is 0 Å². The number of hydrogen-bond donors (Lipinski definition) is 1. The van der Waals surface area contributed by atoms with Crippen LogP contribution in [0.1, 0.15) is 25.0 Å². The first-order valence-corrected chi connectivity index (χ1v) is 6.77. The van der Waals surface area contributed by atoms with Gasteiger partial charge in [-0.15, -0.1) is 0 Å². The Morgan fingerprint density at radius 2 is 1.84 bits per heavy atom. The van der Waals surface area contributed by atoms with Crippen LogP contribution >= 0.6 is 23.2 Å². The molecule has 2 rings (SSSR count). The predicted octanol–water partition coefficient (Wildman–Crippen LogP) is 5.23. The second-order valence-corrected chi connectivity index (χ2v) is 4.95. The fraction of sp³-hybridized carbons (Fsp3) is 0.200. The molecule has 0 saturated heterocycles. The van der Waals surface area contributed by atoms with Crippen molar-refractivity contribution in [1.82, 2.24) is 0 Å². The van der Waals surface area contributed by atoms with Crippen molar-refractivity contribution in [2.45, 2.75) is 19.4 Å². The third-order valence-electron chi connectivity index (χ3n) is 2.78. The van der Waals surface area contributed by atoms with Crippen LogP contribution in [0, 0.1) is 0 Å². The van der Waals surface area contributed by atoms with Crippen molar-refractivity contribution in [2.24, 2.45) is 0 Å². The van der Waals surface area contributed by atoms with E-state index in [0.717, 1.165) is 5.56 Å². The lowest BCUT2D eigenvalue weighted by Gasteiger charge is -2.14. The average molecular weight is 297 g/mol. The second kappa shape index (κ2) is 6.29. The van der Waals surface area contributed by atoms with Gasteiger partial charge < -0.3 is 9.84 Å². The number of rotatable bonds is 4. The molecule has 100 valence electrons. The summed E-state index contributed by atoms with van der Waals surface area (Å²) in [5.74, 6) is 1.21. The van der Waals surface area contributed by atoms with Crippen LogP contribution in [0.3, 0.4) is 0 Å². The van der Waals surface area contributed by atoms with Gasteiger partial charge in [0, 0.05) is 11.6 Å².